The van der Waals surface area contributed by atoms with Gasteiger partial charge in [-0.25, -0.2) is 15.0 Å². The highest BCUT2D eigenvalue weighted by atomic mass is 15.2. The molecular formula is C16H23N5. The third-order valence-electron chi connectivity index (χ3n) is 4.32. The topological polar surface area (TPSA) is 46.8 Å². The Morgan fingerprint density at radius 1 is 1.29 bits per heavy atom. The maximum Gasteiger partial charge on any atom is 0.158 e. The molecule has 0 bridgehead atoms. The molecule has 112 valence electrons. The van der Waals surface area contributed by atoms with Gasteiger partial charge in [0, 0.05) is 37.7 Å². The van der Waals surface area contributed by atoms with E-state index in [1.165, 1.54) is 19.5 Å². The molecule has 0 radical (unpaired) electrons. The van der Waals surface area contributed by atoms with E-state index in [0.717, 1.165) is 23.6 Å². The molecule has 1 aliphatic heterocycles. The van der Waals surface area contributed by atoms with E-state index in [9.17, 15) is 0 Å². The molecule has 2 aromatic rings. The summed E-state index contributed by atoms with van der Waals surface area (Å²) in [6.45, 7) is 6.93. The van der Waals surface area contributed by atoms with Crippen molar-refractivity contribution in [3.63, 3.8) is 0 Å². The van der Waals surface area contributed by atoms with Crippen molar-refractivity contribution < 1.29 is 0 Å². The first-order chi connectivity index (χ1) is 10.1. The summed E-state index contributed by atoms with van der Waals surface area (Å²) in [5.74, 6) is 1.60. The molecule has 21 heavy (non-hydrogen) atoms. The molecule has 1 fully saturated rings. The molecule has 0 spiro atoms. The minimum atomic E-state index is 0.642. The zero-order valence-electron chi connectivity index (χ0n) is 13.0. The van der Waals surface area contributed by atoms with Crippen molar-refractivity contribution >= 4 is 0 Å². The van der Waals surface area contributed by atoms with Crippen LogP contribution in [-0.2, 0) is 13.5 Å². The molecular weight excluding hydrogens is 262 g/mol. The average molecular weight is 285 g/mol. The van der Waals surface area contributed by atoms with Gasteiger partial charge in [0.1, 0.15) is 12.0 Å². The summed E-state index contributed by atoms with van der Waals surface area (Å²) in [7, 11) is 1.99. The lowest BCUT2D eigenvalue weighted by Crippen LogP contribution is -2.28. The van der Waals surface area contributed by atoms with Crippen molar-refractivity contribution in [2.75, 3.05) is 13.1 Å². The number of imidazole rings is 1. The number of nitrogens with zero attached hydrogens (tertiary/aromatic N) is 5. The van der Waals surface area contributed by atoms with Gasteiger partial charge in [-0.2, -0.15) is 0 Å². The van der Waals surface area contributed by atoms with Gasteiger partial charge in [0.15, 0.2) is 5.82 Å². The van der Waals surface area contributed by atoms with Crippen molar-refractivity contribution in [2.45, 2.75) is 32.7 Å². The molecule has 1 saturated heterocycles. The lowest BCUT2D eigenvalue weighted by molar-refractivity contribution is 0.265. The highest BCUT2D eigenvalue weighted by Crippen LogP contribution is 2.23. The Labute approximate surface area is 126 Å². The van der Waals surface area contributed by atoms with Crippen LogP contribution in [0.5, 0.6) is 0 Å². The zero-order valence-corrected chi connectivity index (χ0v) is 13.0. The number of aryl methyl sites for hydroxylation is 1. The monoisotopic (exact) mass is 285 g/mol. The maximum atomic E-state index is 4.45. The van der Waals surface area contributed by atoms with Gasteiger partial charge in [0.2, 0.25) is 0 Å². The van der Waals surface area contributed by atoms with Crippen LogP contribution >= 0.6 is 0 Å². The number of hydrogen-bond donors (Lipinski definition) is 0. The van der Waals surface area contributed by atoms with Crippen molar-refractivity contribution in [3.05, 3.63) is 30.5 Å². The minimum Gasteiger partial charge on any atom is -0.333 e. The molecule has 5 heteroatoms. The summed E-state index contributed by atoms with van der Waals surface area (Å²) in [5.41, 5.74) is 2.03. The quantitative estimate of drug-likeness (QED) is 0.863. The Balaban J connectivity index is 1.71. The van der Waals surface area contributed by atoms with Gasteiger partial charge >= 0.3 is 0 Å². The van der Waals surface area contributed by atoms with Gasteiger partial charge in [-0.05, 0) is 45.2 Å². The normalized spacial score (nSPS) is 19.5. The SMILES string of the molecule is CC(C)N1CC[C@@H](Cc2cc(-c3nccn3C)ncn2)C1. The molecule has 1 atom stereocenters. The summed E-state index contributed by atoms with van der Waals surface area (Å²) in [6, 6.07) is 2.73. The summed E-state index contributed by atoms with van der Waals surface area (Å²) >= 11 is 0. The molecule has 5 nitrogen and oxygen atoms in total. The first kappa shape index (κ1) is 14.2. The summed E-state index contributed by atoms with van der Waals surface area (Å²) in [6.07, 6.45) is 7.70. The smallest absolute Gasteiger partial charge is 0.158 e. The molecule has 0 saturated carbocycles. The molecule has 0 aromatic carbocycles. The van der Waals surface area contributed by atoms with Crippen molar-refractivity contribution in [3.8, 4) is 11.5 Å². The second-order valence-corrected chi connectivity index (χ2v) is 6.20. The van der Waals surface area contributed by atoms with Crippen LogP contribution in [0, 0.1) is 5.92 Å². The Kier molecular flexibility index (Phi) is 4.01. The highest BCUT2D eigenvalue weighted by Gasteiger charge is 2.24. The first-order valence-corrected chi connectivity index (χ1v) is 7.66. The highest BCUT2D eigenvalue weighted by molar-refractivity contribution is 5.49. The van der Waals surface area contributed by atoms with Crippen molar-refractivity contribution in [1.29, 1.82) is 0 Å². The molecule has 0 amide bonds. The number of rotatable bonds is 4. The molecule has 3 heterocycles. The van der Waals surface area contributed by atoms with Crippen LogP contribution in [0.2, 0.25) is 0 Å². The largest absolute Gasteiger partial charge is 0.333 e. The van der Waals surface area contributed by atoms with E-state index >= 15 is 0 Å². The third kappa shape index (κ3) is 3.13. The van der Waals surface area contributed by atoms with E-state index in [1.807, 2.05) is 17.8 Å². The summed E-state index contributed by atoms with van der Waals surface area (Å²) in [5, 5.41) is 0. The van der Waals surface area contributed by atoms with Gasteiger partial charge in [-0.3, -0.25) is 0 Å². The Hall–Kier alpha value is -1.75. The van der Waals surface area contributed by atoms with Crippen LogP contribution in [0.25, 0.3) is 11.5 Å². The number of likely N-dealkylation sites (tertiary alicyclic amines) is 1. The fourth-order valence-corrected chi connectivity index (χ4v) is 3.04. The van der Waals surface area contributed by atoms with E-state index in [4.69, 9.17) is 0 Å². The maximum absolute atomic E-state index is 4.45. The van der Waals surface area contributed by atoms with E-state index in [2.05, 4.69) is 39.8 Å². The summed E-state index contributed by atoms with van der Waals surface area (Å²) in [4.78, 5) is 15.7. The number of aromatic nitrogens is 4. The van der Waals surface area contributed by atoms with Crippen molar-refractivity contribution in [1.82, 2.24) is 24.4 Å². The lowest BCUT2D eigenvalue weighted by atomic mass is 10.0. The van der Waals surface area contributed by atoms with Crippen LogP contribution in [0.3, 0.4) is 0 Å². The molecule has 2 aromatic heterocycles. The van der Waals surface area contributed by atoms with Gasteiger partial charge in [0.25, 0.3) is 0 Å². The van der Waals surface area contributed by atoms with Crippen LogP contribution < -0.4 is 0 Å². The van der Waals surface area contributed by atoms with E-state index in [1.54, 1.807) is 12.5 Å². The second kappa shape index (κ2) is 5.93. The molecule has 0 aliphatic carbocycles. The van der Waals surface area contributed by atoms with Crippen LogP contribution in [0.4, 0.5) is 0 Å². The fraction of sp³-hybridized carbons (Fsp3) is 0.562. The summed E-state index contributed by atoms with van der Waals surface area (Å²) < 4.78 is 1.99. The minimum absolute atomic E-state index is 0.642. The Bertz CT molecular complexity index is 604. The van der Waals surface area contributed by atoms with Crippen molar-refractivity contribution in [2.24, 2.45) is 13.0 Å². The van der Waals surface area contributed by atoms with Crippen LogP contribution in [0.15, 0.2) is 24.8 Å². The molecule has 0 N–H and O–H groups in total. The van der Waals surface area contributed by atoms with Gasteiger partial charge in [-0.1, -0.05) is 0 Å². The zero-order chi connectivity index (χ0) is 14.8. The lowest BCUT2D eigenvalue weighted by Gasteiger charge is -2.20. The predicted octanol–water partition coefficient (Wildman–Crippen LogP) is 2.15. The van der Waals surface area contributed by atoms with Gasteiger partial charge in [-0.15, -0.1) is 0 Å². The molecule has 3 rings (SSSR count). The molecule has 1 aliphatic rings. The average Bonchev–Trinajstić information content (AvgIpc) is 3.08. The van der Waals surface area contributed by atoms with Crippen LogP contribution in [0.1, 0.15) is 26.0 Å². The van der Waals surface area contributed by atoms with Gasteiger partial charge < -0.3 is 9.47 Å². The van der Waals surface area contributed by atoms with E-state index in [0.29, 0.717) is 12.0 Å². The Morgan fingerprint density at radius 2 is 2.14 bits per heavy atom. The third-order valence-corrected chi connectivity index (χ3v) is 4.32. The van der Waals surface area contributed by atoms with E-state index < -0.39 is 0 Å². The standard InChI is InChI=1S/C16H23N5/c1-12(2)21-6-4-13(10-21)8-14-9-15(19-11-18-14)16-17-5-7-20(16)3/h5,7,9,11-13H,4,6,8,10H2,1-3H3/t13-/m0/s1. The molecule has 0 unspecified atom stereocenters. The van der Waals surface area contributed by atoms with Crippen LogP contribution in [-0.4, -0.2) is 43.6 Å². The number of hydrogen-bond acceptors (Lipinski definition) is 4. The Morgan fingerprint density at radius 3 is 2.81 bits per heavy atom. The second-order valence-electron chi connectivity index (χ2n) is 6.20. The fourth-order valence-electron chi connectivity index (χ4n) is 3.04. The van der Waals surface area contributed by atoms with Gasteiger partial charge in [0.05, 0.1) is 0 Å². The first-order valence-electron chi connectivity index (χ1n) is 7.66. The predicted molar refractivity (Wildman–Crippen MR) is 82.8 cm³/mol. The van der Waals surface area contributed by atoms with E-state index in [-0.39, 0.29) is 0 Å².